The van der Waals surface area contributed by atoms with Crippen molar-refractivity contribution in [1.29, 1.82) is 0 Å². The number of para-hydroxylation sites is 1. The van der Waals surface area contributed by atoms with Gasteiger partial charge in [-0.2, -0.15) is 0 Å². The van der Waals surface area contributed by atoms with Crippen molar-refractivity contribution in [2.75, 3.05) is 5.75 Å². The van der Waals surface area contributed by atoms with Gasteiger partial charge in [0.15, 0.2) is 0 Å². The molecule has 0 unspecified atom stereocenters. The second-order valence-electron chi connectivity index (χ2n) is 5.38. The van der Waals surface area contributed by atoms with Crippen LogP contribution in [0.2, 0.25) is 0 Å². The fourth-order valence-electron chi connectivity index (χ4n) is 2.66. The largest absolute Gasteiger partial charge is 0.462 e. The number of carbonyl (C=O) groups excluding carboxylic acids is 1. The lowest BCUT2D eigenvalue weighted by Gasteiger charge is -2.21. The Kier molecular flexibility index (Phi) is 4.76. The first-order valence-electron chi connectivity index (χ1n) is 7.49. The third kappa shape index (κ3) is 3.97. The van der Waals surface area contributed by atoms with Gasteiger partial charge < -0.3 is 4.74 Å². The minimum atomic E-state index is -0.123. The summed E-state index contributed by atoms with van der Waals surface area (Å²) in [5.41, 5.74) is 0.961. The number of pyridine rings is 1. The van der Waals surface area contributed by atoms with Gasteiger partial charge in [0.2, 0.25) is 0 Å². The molecule has 1 aromatic heterocycles. The molecule has 1 saturated carbocycles. The second-order valence-corrected chi connectivity index (χ2v) is 6.38. The maximum atomic E-state index is 11.9. The zero-order valence-corrected chi connectivity index (χ0v) is 12.8. The number of fused-ring (bicyclic) bond motifs is 1. The zero-order valence-electron chi connectivity index (χ0n) is 12.0. The monoisotopic (exact) mass is 301 g/mol. The smallest absolute Gasteiger partial charge is 0.316 e. The molecule has 21 heavy (non-hydrogen) atoms. The van der Waals surface area contributed by atoms with Crippen molar-refractivity contribution < 1.29 is 9.53 Å². The van der Waals surface area contributed by atoms with Crippen molar-refractivity contribution in [3.8, 4) is 0 Å². The van der Waals surface area contributed by atoms with E-state index in [9.17, 15) is 4.79 Å². The van der Waals surface area contributed by atoms with Gasteiger partial charge >= 0.3 is 5.97 Å². The minimum absolute atomic E-state index is 0.123. The number of aromatic nitrogens is 1. The summed E-state index contributed by atoms with van der Waals surface area (Å²) in [6.07, 6.45) is 5.80. The Hall–Kier alpha value is -1.55. The summed E-state index contributed by atoms with van der Waals surface area (Å²) in [7, 11) is 0. The van der Waals surface area contributed by atoms with E-state index in [-0.39, 0.29) is 12.1 Å². The molecule has 1 fully saturated rings. The lowest BCUT2D eigenvalue weighted by molar-refractivity contribution is -0.147. The second kappa shape index (κ2) is 6.94. The van der Waals surface area contributed by atoms with Crippen LogP contribution in [-0.2, 0) is 9.53 Å². The lowest BCUT2D eigenvalue weighted by Crippen LogP contribution is -2.21. The Labute approximate surface area is 129 Å². The molecule has 0 saturated heterocycles. The first kappa shape index (κ1) is 14.4. The highest BCUT2D eigenvalue weighted by Gasteiger charge is 2.17. The summed E-state index contributed by atoms with van der Waals surface area (Å²) in [4.78, 5) is 16.4. The van der Waals surface area contributed by atoms with Gasteiger partial charge in [0, 0.05) is 5.39 Å². The number of carbonyl (C=O) groups is 1. The van der Waals surface area contributed by atoms with Gasteiger partial charge in [-0.05, 0) is 37.8 Å². The minimum Gasteiger partial charge on any atom is -0.462 e. The van der Waals surface area contributed by atoms with Crippen molar-refractivity contribution >= 4 is 28.6 Å². The molecule has 0 aliphatic heterocycles. The third-order valence-corrected chi connectivity index (χ3v) is 4.66. The maximum Gasteiger partial charge on any atom is 0.316 e. The molecule has 0 spiro atoms. The van der Waals surface area contributed by atoms with E-state index >= 15 is 0 Å². The molecule has 110 valence electrons. The average Bonchev–Trinajstić information content (AvgIpc) is 2.54. The van der Waals surface area contributed by atoms with Crippen molar-refractivity contribution in [2.24, 2.45) is 0 Å². The van der Waals surface area contributed by atoms with Crippen LogP contribution in [0.4, 0.5) is 0 Å². The van der Waals surface area contributed by atoms with E-state index in [1.807, 2.05) is 36.4 Å². The summed E-state index contributed by atoms with van der Waals surface area (Å²) in [6.45, 7) is 0. The number of benzene rings is 1. The van der Waals surface area contributed by atoms with E-state index in [1.165, 1.54) is 31.0 Å². The Morgan fingerprint density at radius 3 is 2.81 bits per heavy atom. The predicted octanol–water partition coefficient (Wildman–Crippen LogP) is 4.20. The SMILES string of the molecule is O=C(CSc1ccc2ccccc2n1)OC1CCCCC1. The van der Waals surface area contributed by atoms with Gasteiger partial charge in [-0.3, -0.25) is 4.79 Å². The summed E-state index contributed by atoms with van der Waals surface area (Å²) in [6, 6.07) is 12.0. The molecule has 1 aliphatic carbocycles. The number of hydrogen-bond acceptors (Lipinski definition) is 4. The molecular weight excluding hydrogens is 282 g/mol. The first-order chi connectivity index (χ1) is 10.3. The molecule has 1 heterocycles. The fraction of sp³-hybridized carbons (Fsp3) is 0.412. The Morgan fingerprint density at radius 1 is 1.14 bits per heavy atom. The third-order valence-electron chi connectivity index (χ3n) is 3.76. The molecule has 1 aromatic carbocycles. The van der Waals surface area contributed by atoms with Crippen LogP contribution in [0.15, 0.2) is 41.4 Å². The number of thioether (sulfide) groups is 1. The van der Waals surface area contributed by atoms with E-state index in [0.717, 1.165) is 28.8 Å². The normalized spacial score (nSPS) is 16.0. The molecule has 0 atom stereocenters. The van der Waals surface area contributed by atoms with Gasteiger partial charge in [0.25, 0.3) is 0 Å². The van der Waals surface area contributed by atoms with Crippen LogP contribution in [0.1, 0.15) is 32.1 Å². The van der Waals surface area contributed by atoms with E-state index in [4.69, 9.17) is 4.74 Å². The summed E-state index contributed by atoms with van der Waals surface area (Å²) in [5.74, 6) is 0.212. The number of hydrogen-bond donors (Lipinski definition) is 0. The first-order valence-corrected chi connectivity index (χ1v) is 8.48. The highest BCUT2D eigenvalue weighted by Crippen LogP contribution is 2.23. The van der Waals surface area contributed by atoms with Crippen molar-refractivity contribution in [3.05, 3.63) is 36.4 Å². The molecule has 0 radical (unpaired) electrons. The van der Waals surface area contributed by atoms with Crippen LogP contribution in [0.25, 0.3) is 10.9 Å². The molecule has 4 heteroatoms. The van der Waals surface area contributed by atoms with Gasteiger partial charge in [-0.15, -0.1) is 0 Å². The molecule has 0 bridgehead atoms. The zero-order chi connectivity index (χ0) is 14.5. The van der Waals surface area contributed by atoms with Gasteiger partial charge in [-0.25, -0.2) is 4.98 Å². The summed E-state index contributed by atoms with van der Waals surface area (Å²) in [5, 5.41) is 1.99. The van der Waals surface area contributed by atoms with Crippen LogP contribution in [-0.4, -0.2) is 22.8 Å². The van der Waals surface area contributed by atoms with Crippen LogP contribution in [0, 0.1) is 0 Å². The number of esters is 1. The summed E-state index contributed by atoms with van der Waals surface area (Å²) >= 11 is 1.45. The predicted molar refractivity (Wildman–Crippen MR) is 85.4 cm³/mol. The van der Waals surface area contributed by atoms with Crippen molar-refractivity contribution in [2.45, 2.75) is 43.2 Å². The van der Waals surface area contributed by atoms with Crippen molar-refractivity contribution in [3.63, 3.8) is 0 Å². The van der Waals surface area contributed by atoms with Gasteiger partial charge in [0.1, 0.15) is 6.10 Å². The standard InChI is InChI=1S/C17H19NO2S/c19-17(20-14-7-2-1-3-8-14)12-21-16-11-10-13-6-4-5-9-15(13)18-16/h4-6,9-11,14H,1-3,7-8,12H2. The molecule has 3 nitrogen and oxygen atoms in total. The average molecular weight is 301 g/mol. The van der Waals surface area contributed by atoms with Crippen LogP contribution >= 0.6 is 11.8 Å². The van der Waals surface area contributed by atoms with Gasteiger partial charge in [0.05, 0.1) is 16.3 Å². The quantitative estimate of drug-likeness (QED) is 0.626. The lowest BCUT2D eigenvalue weighted by atomic mass is 9.98. The Bertz CT molecular complexity index is 623. The highest BCUT2D eigenvalue weighted by molar-refractivity contribution is 7.99. The molecular formula is C17H19NO2S. The van der Waals surface area contributed by atoms with E-state index in [0.29, 0.717) is 5.75 Å². The Balaban J connectivity index is 1.54. The van der Waals surface area contributed by atoms with Crippen LogP contribution in [0.5, 0.6) is 0 Å². The number of nitrogens with zero attached hydrogens (tertiary/aromatic N) is 1. The molecule has 2 aromatic rings. The fourth-order valence-corrected chi connectivity index (χ4v) is 3.32. The van der Waals surface area contributed by atoms with E-state index in [2.05, 4.69) is 4.98 Å². The number of ether oxygens (including phenoxy) is 1. The Morgan fingerprint density at radius 2 is 1.95 bits per heavy atom. The van der Waals surface area contributed by atoms with E-state index < -0.39 is 0 Å². The maximum absolute atomic E-state index is 11.9. The highest BCUT2D eigenvalue weighted by atomic mass is 32.2. The molecule has 1 aliphatic rings. The molecule has 0 N–H and O–H groups in total. The number of rotatable bonds is 4. The van der Waals surface area contributed by atoms with E-state index in [1.54, 1.807) is 0 Å². The van der Waals surface area contributed by atoms with Crippen LogP contribution < -0.4 is 0 Å². The molecule has 0 amide bonds. The van der Waals surface area contributed by atoms with Crippen LogP contribution in [0.3, 0.4) is 0 Å². The molecule has 3 rings (SSSR count). The van der Waals surface area contributed by atoms with Crippen molar-refractivity contribution in [1.82, 2.24) is 4.98 Å². The topological polar surface area (TPSA) is 39.2 Å². The summed E-state index contributed by atoms with van der Waals surface area (Å²) < 4.78 is 5.51. The van der Waals surface area contributed by atoms with Gasteiger partial charge in [-0.1, -0.05) is 42.4 Å².